The molecular weight excluding hydrogens is 336 g/mol. The second-order valence-corrected chi connectivity index (χ2v) is 8.69. The molecule has 3 nitrogen and oxygen atoms in total. The van der Waals surface area contributed by atoms with Crippen LogP contribution in [0.25, 0.3) is 0 Å². The summed E-state index contributed by atoms with van der Waals surface area (Å²) in [6.07, 6.45) is 4.63. The van der Waals surface area contributed by atoms with Crippen molar-refractivity contribution < 1.29 is 4.79 Å². The van der Waals surface area contributed by atoms with Crippen LogP contribution in [0.1, 0.15) is 40.9 Å². The molecule has 2 bridgehead atoms. The average molecular weight is 359 g/mol. The summed E-state index contributed by atoms with van der Waals surface area (Å²) >= 11 is 3.51. The Kier molecular flexibility index (Phi) is 4.92. The highest BCUT2D eigenvalue weighted by Crippen LogP contribution is 2.29. The fourth-order valence-corrected chi connectivity index (χ4v) is 5.58. The second-order valence-electron chi connectivity index (χ2n) is 6.64. The Hall–Kier alpha value is -1.30. The minimum atomic E-state index is 0.0792. The van der Waals surface area contributed by atoms with E-state index < -0.39 is 0 Å². The molecule has 4 rings (SSSR count). The Morgan fingerprint density at radius 3 is 2.71 bits per heavy atom. The molecule has 2 N–H and O–H groups in total. The van der Waals surface area contributed by atoms with E-state index in [1.807, 2.05) is 18.2 Å². The molecule has 0 spiro atoms. The molecule has 0 aliphatic carbocycles. The third kappa shape index (κ3) is 3.68. The van der Waals surface area contributed by atoms with Crippen LogP contribution in [-0.2, 0) is 5.75 Å². The van der Waals surface area contributed by atoms with E-state index in [1.54, 1.807) is 23.1 Å². The molecule has 2 atom stereocenters. The Balaban J connectivity index is 1.42. The summed E-state index contributed by atoms with van der Waals surface area (Å²) < 4.78 is 0. The number of carbonyl (C=O) groups is 1. The Labute approximate surface area is 151 Å². The highest BCUT2D eigenvalue weighted by Gasteiger charge is 2.34. The van der Waals surface area contributed by atoms with Crippen LogP contribution in [0.5, 0.6) is 0 Å². The van der Waals surface area contributed by atoms with E-state index in [1.165, 1.54) is 17.7 Å². The molecule has 126 valence electrons. The van der Waals surface area contributed by atoms with Crippen LogP contribution in [0.4, 0.5) is 0 Å². The zero-order chi connectivity index (χ0) is 16.4. The third-order valence-electron chi connectivity index (χ3n) is 4.89. The molecule has 0 saturated carbocycles. The lowest BCUT2D eigenvalue weighted by Crippen LogP contribution is -2.48. The van der Waals surface area contributed by atoms with Gasteiger partial charge in [-0.05, 0) is 49.3 Å². The minimum Gasteiger partial charge on any atom is -0.349 e. The highest BCUT2D eigenvalue weighted by molar-refractivity contribution is 7.98. The first-order valence-electron chi connectivity index (χ1n) is 8.59. The van der Waals surface area contributed by atoms with Crippen molar-refractivity contribution >= 4 is 29.0 Å². The Morgan fingerprint density at radius 2 is 1.96 bits per heavy atom. The Morgan fingerprint density at radius 1 is 1.17 bits per heavy atom. The summed E-state index contributed by atoms with van der Waals surface area (Å²) in [6.45, 7) is 0. The predicted octanol–water partition coefficient (Wildman–Crippen LogP) is 4.05. The molecule has 2 unspecified atom stereocenters. The van der Waals surface area contributed by atoms with Crippen molar-refractivity contribution in [3.05, 3.63) is 52.2 Å². The highest BCUT2D eigenvalue weighted by atomic mass is 32.2. The lowest BCUT2D eigenvalue weighted by atomic mass is 9.99. The van der Waals surface area contributed by atoms with Gasteiger partial charge in [0, 0.05) is 33.7 Å². The average Bonchev–Trinajstić information content (AvgIpc) is 3.23. The topological polar surface area (TPSA) is 41.1 Å². The molecular formula is C19H22N2OS2. The van der Waals surface area contributed by atoms with Crippen molar-refractivity contribution in [2.24, 2.45) is 0 Å². The molecule has 2 aromatic rings. The van der Waals surface area contributed by atoms with Crippen molar-refractivity contribution in [1.82, 2.24) is 10.6 Å². The quantitative estimate of drug-likeness (QED) is 0.792. The van der Waals surface area contributed by atoms with Crippen molar-refractivity contribution in [1.29, 1.82) is 0 Å². The van der Waals surface area contributed by atoms with Crippen LogP contribution in [0, 0.1) is 0 Å². The summed E-state index contributed by atoms with van der Waals surface area (Å²) in [5, 5.41) is 9.00. The van der Waals surface area contributed by atoms with Gasteiger partial charge in [-0.3, -0.25) is 4.79 Å². The first kappa shape index (κ1) is 16.2. The number of carbonyl (C=O) groups excluding carboxylic acids is 1. The second kappa shape index (κ2) is 7.30. The minimum absolute atomic E-state index is 0.0792. The van der Waals surface area contributed by atoms with Crippen molar-refractivity contribution in [2.45, 2.75) is 54.5 Å². The lowest BCUT2D eigenvalue weighted by Gasteiger charge is -2.29. The molecule has 0 radical (unpaired) electrons. The lowest BCUT2D eigenvalue weighted by molar-refractivity contribution is 0.0921. The molecule has 2 fully saturated rings. The van der Waals surface area contributed by atoms with Gasteiger partial charge >= 0.3 is 0 Å². The summed E-state index contributed by atoms with van der Waals surface area (Å²) in [6, 6.07) is 13.7. The number of rotatable bonds is 5. The van der Waals surface area contributed by atoms with Crippen LogP contribution in [-0.4, -0.2) is 24.0 Å². The van der Waals surface area contributed by atoms with Gasteiger partial charge < -0.3 is 10.6 Å². The first-order chi connectivity index (χ1) is 11.8. The summed E-state index contributed by atoms with van der Waals surface area (Å²) in [7, 11) is 0. The molecule has 3 heterocycles. The van der Waals surface area contributed by atoms with Gasteiger partial charge in [-0.1, -0.05) is 18.2 Å². The molecule has 1 amide bonds. The largest absolute Gasteiger partial charge is 0.349 e. The van der Waals surface area contributed by atoms with E-state index in [-0.39, 0.29) is 5.91 Å². The molecule has 5 heteroatoms. The van der Waals surface area contributed by atoms with Crippen molar-refractivity contribution in [3.63, 3.8) is 0 Å². The van der Waals surface area contributed by atoms with E-state index in [0.29, 0.717) is 18.1 Å². The molecule has 2 saturated heterocycles. The maximum absolute atomic E-state index is 12.8. The van der Waals surface area contributed by atoms with Crippen LogP contribution >= 0.6 is 23.1 Å². The van der Waals surface area contributed by atoms with Crippen LogP contribution in [0.3, 0.4) is 0 Å². The Bertz CT molecular complexity index is 689. The summed E-state index contributed by atoms with van der Waals surface area (Å²) in [5.41, 5.74) is 0.810. The number of hydrogen-bond acceptors (Lipinski definition) is 4. The molecule has 1 aromatic heterocycles. The third-order valence-corrected chi connectivity index (χ3v) is 7.07. The molecule has 2 aliphatic heterocycles. The number of thiophene rings is 1. The van der Waals surface area contributed by atoms with Gasteiger partial charge in [-0.15, -0.1) is 23.1 Å². The first-order valence-corrected chi connectivity index (χ1v) is 10.5. The number of benzene rings is 1. The van der Waals surface area contributed by atoms with Crippen molar-refractivity contribution in [2.75, 3.05) is 0 Å². The van der Waals surface area contributed by atoms with E-state index in [0.717, 1.165) is 29.1 Å². The number of thioether (sulfide) groups is 1. The zero-order valence-electron chi connectivity index (χ0n) is 13.5. The van der Waals surface area contributed by atoms with Gasteiger partial charge in [-0.2, -0.15) is 0 Å². The van der Waals surface area contributed by atoms with E-state index in [9.17, 15) is 4.79 Å². The van der Waals surface area contributed by atoms with Gasteiger partial charge in [0.2, 0.25) is 0 Å². The number of piperidine rings is 1. The number of amides is 1. The van der Waals surface area contributed by atoms with E-state index in [4.69, 9.17) is 0 Å². The smallest absolute Gasteiger partial charge is 0.252 e. The number of nitrogens with one attached hydrogen (secondary N) is 2. The molecule has 2 aliphatic rings. The SMILES string of the molecule is O=C(NC1CC2CCC(C1)N2)c1ccccc1SCc1cccs1. The summed E-state index contributed by atoms with van der Waals surface area (Å²) in [5.74, 6) is 0.995. The van der Waals surface area contributed by atoms with E-state index >= 15 is 0 Å². The normalized spacial score (nSPS) is 25.6. The predicted molar refractivity (Wildman–Crippen MR) is 101 cm³/mol. The van der Waals surface area contributed by atoms with Gasteiger partial charge in [0.15, 0.2) is 0 Å². The fourth-order valence-electron chi connectivity index (χ4n) is 3.76. The maximum Gasteiger partial charge on any atom is 0.252 e. The monoisotopic (exact) mass is 358 g/mol. The van der Waals surface area contributed by atoms with Crippen LogP contribution < -0.4 is 10.6 Å². The maximum atomic E-state index is 12.8. The molecule has 24 heavy (non-hydrogen) atoms. The van der Waals surface area contributed by atoms with Crippen LogP contribution in [0.15, 0.2) is 46.7 Å². The molecule has 1 aromatic carbocycles. The standard InChI is InChI=1S/C19H22N2OS2/c22-19(21-15-10-13-7-8-14(11-15)20-13)17-5-1-2-6-18(17)24-12-16-4-3-9-23-16/h1-6,9,13-15,20H,7-8,10-12H2,(H,21,22). The summed E-state index contributed by atoms with van der Waals surface area (Å²) in [4.78, 5) is 15.2. The number of fused-ring (bicyclic) bond motifs is 2. The van der Waals surface area contributed by atoms with Gasteiger partial charge in [0.1, 0.15) is 0 Å². The van der Waals surface area contributed by atoms with Gasteiger partial charge in [-0.25, -0.2) is 0 Å². The van der Waals surface area contributed by atoms with Gasteiger partial charge in [0.05, 0.1) is 5.56 Å². The van der Waals surface area contributed by atoms with Crippen molar-refractivity contribution in [3.8, 4) is 0 Å². The fraction of sp³-hybridized carbons (Fsp3) is 0.421. The van der Waals surface area contributed by atoms with Crippen LogP contribution in [0.2, 0.25) is 0 Å². The number of hydrogen-bond donors (Lipinski definition) is 2. The van der Waals surface area contributed by atoms with Gasteiger partial charge in [0.25, 0.3) is 5.91 Å². The van der Waals surface area contributed by atoms with E-state index in [2.05, 4.69) is 34.2 Å². The zero-order valence-corrected chi connectivity index (χ0v) is 15.2.